The van der Waals surface area contributed by atoms with Gasteiger partial charge in [-0.15, -0.1) is 22.7 Å². The van der Waals surface area contributed by atoms with Crippen LogP contribution in [0.5, 0.6) is 23.0 Å². The number of ketones is 2. The van der Waals surface area contributed by atoms with Gasteiger partial charge in [0.1, 0.15) is 68.2 Å². The summed E-state index contributed by atoms with van der Waals surface area (Å²) in [6.07, 6.45) is 19.5. The Balaban J connectivity index is 0.000000185. The number of fused-ring (bicyclic) bond motifs is 6. The van der Waals surface area contributed by atoms with Gasteiger partial charge in [-0.2, -0.15) is 0 Å². The van der Waals surface area contributed by atoms with Crippen molar-refractivity contribution in [3.05, 3.63) is 95.0 Å². The number of esters is 2. The summed E-state index contributed by atoms with van der Waals surface area (Å²) < 4.78 is 35.5. The van der Waals surface area contributed by atoms with E-state index in [-0.39, 0.29) is 85.4 Å². The molecule has 4 fully saturated rings. The standard InChI is InChI=1S/2C35H41N3O6S/c2*1-5-43-34(41)35-19-22(35)10-8-6-7-9-14-38(3)33(40)26-17-23(16-25(26)28(39)20-35)44-30-18-27(32-36-13-15-45-32)37-31-21(2)29(42-4)12-11-24(30)31/h2*8,10-13,15,18,22-23,25-26H,5-7,9,14,16-17,19-20H2,1-4H3/b2*10-8-/t2*22-,23-,25-,26-,35-/m11/s1. The average Bonchev–Trinajstić information content (AvgIpc) is 1.52. The third-order valence-corrected chi connectivity index (χ3v) is 21.0. The van der Waals surface area contributed by atoms with E-state index in [1.165, 1.54) is 22.7 Å². The molecule has 2 aromatic carbocycles. The Hall–Kier alpha value is -7.58. The molecule has 2 aliphatic heterocycles. The smallest absolute Gasteiger partial charge is 0.313 e. The number of aromatic nitrogens is 4. The quantitative estimate of drug-likeness (QED) is 0.0822. The van der Waals surface area contributed by atoms with Crippen LogP contribution in [0.15, 0.2) is 83.9 Å². The maximum atomic E-state index is 14.1. The normalized spacial score (nSPS) is 27.8. The number of aryl methyl sites for hydroxylation is 2. The van der Waals surface area contributed by atoms with Gasteiger partial charge in [-0.25, -0.2) is 19.9 Å². The number of benzene rings is 2. The molecule has 0 radical (unpaired) electrons. The Morgan fingerprint density at radius 3 is 1.37 bits per heavy atom. The third kappa shape index (κ3) is 13.1. The fourth-order valence-electron chi connectivity index (χ4n) is 14.3. The number of amides is 2. The number of carbonyl (C=O) groups excluding carboxylic acids is 6. The molecule has 476 valence electrons. The first-order valence-electron chi connectivity index (χ1n) is 31.8. The van der Waals surface area contributed by atoms with Crippen molar-refractivity contribution in [2.45, 2.75) is 130 Å². The molecule has 6 aliphatic rings. The summed E-state index contributed by atoms with van der Waals surface area (Å²) in [4.78, 5) is 105. The second kappa shape index (κ2) is 27.5. The minimum atomic E-state index is -0.841. The highest BCUT2D eigenvalue weighted by atomic mass is 32.1. The number of pyridine rings is 2. The summed E-state index contributed by atoms with van der Waals surface area (Å²) in [5.74, 6) is -0.231. The van der Waals surface area contributed by atoms with Crippen molar-refractivity contribution in [1.82, 2.24) is 29.7 Å². The molecular formula is C70H82N6O12S2. The van der Waals surface area contributed by atoms with Crippen molar-refractivity contribution in [3.8, 4) is 44.4 Å². The number of ether oxygens (including phenoxy) is 6. The van der Waals surface area contributed by atoms with Crippen molar-refractivity contribution in [3.63, 3.8) is 0 Å². The van der Waals surface area contributed by atoms with E-state index >= 15 is 0 Å². The van der Waals surface area contributed by atoms with Gasteiger partial charge in [-0.1, -0.05) is 24.3 Å². The van der Waals surface area contributed by atoms with Crippen LogP contribution in [0, 0.1) is 60.2 Å². The molecule has 4 aliphatic carbocycles. The minimum Gasteiger partial charge on any atom is -0.496 e. The predicted octanol–water partition coefficient (Wildman–Crippen LogP) is 12.4. The highest BCUT2D eigenvalue weighted by Crippen LogP contribution is 2.60. The number of hydrogen-bond acceptors (Lipinski definition) is 18. The average molecular weight is 1260 g/mol. The second-order valence-electron chi connectivity index (χ2n) is 25.1. The molecule has 0 unspecified atom stereocenters. The topological polar surface area (TPSA) is 216 Å². The zero-order valence-electron chi connectivity index (χ0n) is 52.8. The molecule has 18 nitrogen and oxygen atoms in total. The number of carbonyl (C=O) groups is 6. The molecule has 6 heterocycles. The van der Waals surface area contributed by atoms with E-state index in [4.69, 9.17) is 38.4 Å². The number of thiazole rings is 2. The van der Waals surface area contributed by atoms with E-state index in [1.807, 2.05) is 75.1 Å². The zero-order chi connectivity index (χ0) is 63.4. The molecule has 6 aromatic rings. The highest BCUT2D eigenvalue weighted by Gasteiger charge is 2.63. The molecule has 90 heavy (non-hydrogen) atoms. The van der Waals surface area contributed by atoms with Crippen molar-refractivity contribution in [1.29, 1.82) is 0 Å². The molecule has 4 saturated carbocycles. The van der Waals surface area contributed by atoms with Crippen LogP contribution < -0.4 is 18.9 Å². The van der Waals surface area contributed by atoms with E-state index in [9.17, 15) is 28.8 Å². The van der Waals surface area contributed by atoms with Gasteiger partial charge in [0.15, 0.2) is 0 Å². The number of Topliss-reactive ketones (excluding diaryl/α,β-unsaturated/α-hetero) is 2. The van der Waals surface area contributed by atoms with Gasteiger partial charge in [0.25, 0.3) is 0 Å². The number of methoxy groups -OCH3 is 2. The first-order chi connectivity index (χ1) is 43.5. The lowest BCUT2D eigenvalue weighted by molar-refractivity contribution is -0.153. The van der Waals surface area contributed by atoms with E-state index in [1.54, 1.807) is 50.3 Å². The van der Waals surface area contributed by atoms with Crippen LogP contribution in [-0.4, -0.2) is 132 Å². The third-order valence-electron chi connectivity index (χ3n) is 19.5. The van der Waals surface area contributed by atoms with E-state index < -0.39 is 34.5 Å². The lowest BCUT2D eigenvalue weighted by Crippen LogP contribution is -2.38. The van der Waals surface area contributed by atoms with Gasteiger partial charge >= 0.3 is 11.9 Å². The van der Waals surface area contributed by atoms with Gasteiger partial charge in [0.2, 0.25) is 11.8 Å². The van der Waals surface area contributed by atoms with Crippen LogP contribution in [0.3, 0.4) is 0 Å². The molecule has 20 heteroatoms. The first kappa shape index (κ1) is 64.0. The van der Waals surface area contributed by atoms with Crippen LogP contribution in [0.2, 0.25) is 0 Å². The molecule has 0 spiro atoms. The van der Waals surface area contributed by atoms with Crippen LogP contribution in [0.1, 0.15) is 115 Å². The van der Waals surface area contributed by atoms with E-state index in [0.29, 0.717) is 74.5 Å². The summed E-state index contributed by atoms with van der Waals surface area (Å²) in [6.45, 7) is 9.32. The molecular weight excluding hydrogens is 1180 g/mol. The van der Waals surface area contributed by atoms with Crippen LogP contribution >= 0.6 is 22.7 Å². The summed E-state index contributed by atoms with van der Waals surface area (Å²) in [7, 11) is 6.92. The Bertz CT molecular complexity index is 3480. The lowest BCUT2D eigenvalue weighted by atomic mass is 9.84. The molecule has 0 bridgehead atoms. The van der Waals surface area contributed by atoms with Gasteiger partial charge in [0, 0.05) is 109 Å². The molecule has 10 atom stereocenters. The lowest BCUT2D eigenvalue weighted by Gasteiger charge is -2.25. The Morgan fingerprint density at radius 2 is 0.989 bits per heavy atom. The van der Waals surface area contributed by atoms with E-state index in [0.717, 1.165) is 93.0 Å². The highest BCUT2D eigenvalue weighted by molar-refractivity contribution is 7.13. The number of allylic oxidation sites excluding steroid dienone is 4. The number of rotatable bonds is 12. The fraction of sp³-hybridized carbons (Fsp3) is 0.514. The van der Waals surface area contributed by atoms with Gasteiger partial charge in [-0.05, 0) is 141 Å². The maximum Gasteiger partial charge on any atom is 0.313 e. The Morgan fingerprint density at radius 1 is 0.578 bits per heavy atom. The summed E-state index contributed by atoms with van der Waals surface area (Å²) in [5.41, 5.74) is 2.99. The second-order valence-corrected chi connectivity index (χ2v) is 26.9. The maximum absolute atomic E-state index is 14.1. The zero-order valence-corrected chi connectivity index (χ0v) is 54.5. The number of nitrogens with zero attached hydrogens (tertiary/aromatic N) is 6. The molecule has 0 saturated heterocycles. The first-order valence-corrected chi connectivity index (χ1v) is 33.6. The van der Waals surface area contributed by atoms with Crippen molar-refractivity contribution in [2.75, 3.05) is 54.6 Å². The van der Waals surface area contributed by atoms with Crippen molar-refractivity contribution >= 4 is 79.8 Å². The SMILES string of the molecule is CCOC(=O)[C@]12CC(=O)[C@@H]3C[C@@H](Oc4cc(-c5nccs5)nc5c(C)c(OC)ccc45)C[C@H]3C(=O)N(C)CCCC/C=C\[C@@H]1C2.CCOC(=O)[C@]12CC(=O)[C@@H]3C[C@@H](Oc4cc(-c5nccs5)nc5c(C)c(OC)ccc45)C[C@H]3C(=O)N(C)CCCC/C=C\[C@@H]1C2. The van der Waals surface area contributed by atoms with E-state index in [2.05, 4.69) is 34.3 Å². The summed E-state index contributed by atoms with van der Waals surface area (Å²) >= 11 is 2.99. The molecule has 0 N–H and O–H groups in total. The molecule has 2 amide bonds. The minimum absolute atomic E-state index is 0.0126. The monoisotopic (exact) mass is 1260 g/mol. The van der Waals surface area contributed by atoms with Crippen molar-refractivity contribution in [2.24, 2.45) is 46.3 Å². The molecule has 12 rings (SSSR count). The predicted molar refractivity (Wildman–Crippen MR) is 344 cm³/mol. The van der Waals surface area contributed by atoms with Crippen LogP contribution in [0.4, 0.5) is 0 Å². The Kier molecular flexibility index (Phi) is 19.5. The van der Waals surface area contributed by atoms with Gasteiger partial charge in [0.05, 0.1) is 61.1 Å². The fourth-order valence-corrected chi connectivity index (χ4v) is 15.5. The Labute approximate surface area is 534 Å². The van der Waals surface area contributed by atoms with Crippen LogP contribution in [0.25, 0.3) is 43.2 Å². The van der Waals surface area contributed by atoms with Crippen molar-refractivity contribution < 1.29 is 57.2 Å². The van der Waals surface area contributed by atoms with Gasteiger partial charge < -0.3 is 38.2 Å². The van der Waals surface area contributed by atoms with Crippen LogP contribution in [-0.2, 0) is 38.2 Å². The number of hydrogen-bond donors (Lipinski definition) is 0. The largest absolute Gasteiger partial charge is 0.496 e. The summed E-state index contributed by atoms with van der Waals surface area (Å²) in [6, 6.07) is 11.5. The summed E-state index contributed by atoms with van der Waals surface area (Å²) in [5, 5.41) is 7.01. The van der Waals surface area contributed by atoms with Gasteiger partial charge in [-0.3, -0.25) is 28.8 Å². The molecule has 4 aromatic heterocycles.